The Morgan fingerprint density at radius 3 is 2.25 bits per heavy atom. The fraction of sp³-hybridized carbons (Fsp3) is 0.250. The molecule has 8 heteroatoms. The summed E-state index contributed by atoms with van der Waals surface area (Å²) >= 11 is 0. The average Bonchev–Trinajstić information content (AvgIpc) is 2.38. The van der Waals surface area contributed by atoms with Crippen LogP contribution in [0.2, 0.25) is 0 Å². The number of methoxy groups -OCH3 is 1. The number of carbonyl (C=O) groups is 1. The molecule has 0 spiro atoms. The van der Waals surface area contributed by atoms with Crippen molar-refractivity contribution in [3.8, 4) is 5.75 Å². The second-order valence-electron chi connectivity index (χ2n) is 3.79. The quantitative estimate of drug-likeness (QED) is 0.282. The van der Waals surface area contributed by atoms with Crippen molar-refractivity contribution in [1.29, 1.82) is 10.8 Å². The molecule has 0 aliphatic heterocycles. The van der Waals surface area contributed by atoms with Crippen molar-refractivity contribution < 1.29 is 14.6 Å². The lowest BCUT2D eigenvalue weighted by atomic mass is 10.2. The third-order valence-corrected chi connectivity index (χ3v) is 2.01. The van der Waals surface area contributed by atoms with Crippen LogP contribution in [-0.4, -0.2) is 49.1 Å². The lowest BCUT2D eigenvalue weighted by Gasteiger charge is -2.13. The number of hydrogen-bond donors (Lipinski definition) is 5. The summed E-state index contributed by atoms with van der Waals surface area (Å²) in [7, 11) is 4.66. The van der Waals surface area contributed by atoms with Crippen molar-refractivity contribution in [2.75, 3.05) is 21.2 Å². The van der Waals surface area contributed by atoms with E-state index in [0.29, 0.717) is 0 Å². The summed E-state index contributed by atoms with van der Waals surface area (Å²) in [5.41, 5.74) is 5.13. The van der Waals surface area contributed by atoms with Crippen molar-refractivity contribution >= 4 is 17.9 Å². The highest BCUT2D eigenvalue weighted by Crippen LogP contribution is 2.15. The Morgan fingerprint density at radius 1 is 1.35 bits per heavy atom. The smallest absolute Gasteiger partial charge is 0.341 e. The van der Waals surface area contributed by atoms with E-state index in [1.54, 1.807) is 26.2 Å². The highest BCUT2D eigenvalue weighted by atomic mass is 16.5. The summed E-state index contributed by atoms with van der Waals surface area (Å²) in [4.78, 5) is 12.4. The van der Waals surface area contributed by atoms with Gasteiger partial charge in [0, 0.05) is 14.1 Å². The first-order chi connectivity index (χ1) is 9.29. The molecule has 0 aromatic heterocycles. The number of phenolic OH excluding ortho intramolecular Hbond substituents is 1. The molecule has 20 heavy (non-hydrogen) atoms. The van der Waals surface area contributed by atoms with Crippen LogP contribution in [0.1, 0.15) is 10.4 Å². The number of ether oxygens (including phenoxy) is 1. The number of nitrogens with two attached hydrogens (primary N) is 1. The van der Waals surface area contributed by atoms with Gasteiger partial charge in [-0.05, 0) is 12.1 Å². The number of benzene rings is 1. The van der Waals surface area contributed by atoms with Crippen LogP contribution in [0.4, 0.5) is 0 Å². The molecular weight excluding hydrogens is 262 g/mol. The maximum atomic E-state index is 10.9. The number of aromatic hydroxyl groups is 1. The summed E-state index contributed by atoms with van der Waals surface area (Å²) in [6.45, 7) is 0. The van der Waals surface area contributed by atoms with Gasteiger partial charge in [0.2, 0.25) is 0 Å². The van der Waals surface area contributed by atoms with Crippen molar-refractivity contribution in [1.82, 2.24) is 10.2 Å². The number of guanidine groups is 2. The zero-order valence-electron chi connectivity index (χ0n) is 11.6. The van der Waals surface area contributed by atoms with Gasteiger partial charge in [-0.25, -0.2) is 4.79 Å². The molecule has 0 saturated carbocycles. The largest absolute Gasteiger partial charge is 0.507 e. The highest BCUT2D eigenvalue weighted by molar-refractivity contribution is 5.94. The molecule has 0 amide bonds. The highest BCUT2D eigenvalue weighted by Gasteiger charge is 2.08. The van der Waals surface area contributed by atoms with Crippen LogP contribution in [0.3, 0.4) is 0 Å². The van der Waals surface area contributed by atoms with Crippen molar-refractivity contribution in [2.45, 2.75) is 0 Å². The number of nitrogens with one attached hydrogen (secondary N) is 3. The number of carbonyl (C=O) groups excluding carboxylic acids is 1. The third kappa shape index (κ3) is 6.24. The molecule has 0 saturated heterocycles. The first-order valence-electron chi connectivity index (χ1n) is 5.52. The van der Waals surface area contributed by atoms with Crippen molar-refractivity contribution in [2.24, 2.45) is 5.73 Å². The van der Waals surface area contributed by atoms with Crippen LogP contribution >= 0.6 is 0 Å². The number of phenols is 1. The zero-order valence-corrected chi connectivity index (χ0v) is 11.6. The Morgan fingerprint density at radius 2 is 1.90 bits per heavy atom. The number of esters is 1. The van der Waals surface area contributed by atoms with Gasteiger partial charge >= 0.3 is 5.97 Å². The molecule has 0 radical (unpaired) electrons. The van der Waals surface area contributed by atoms with E-state index in [9.17, 15) is 4.79 Å². The van der Waals surface area contributed by atoms with E-state index < -0.39 is 5.97 Å². The van der Waals surface area contributed by atoms with Gasteiger partial charge in [0.05, 0.1) is 7.11 Å². The molecule has 1 aromatic carbocycles. The summed E-state index contributed by atoms with van der Waals surface area (Å²) in [6.07, 6.45) is 0. The van der Waals surface area contributed by atoms with E-state index in [2.05, 4.69) is 10.1 Å². The fourth-order valence-electron chi connectivity index (χ4n) is 0.996. The van der Waals surface area contributed by atoms with Crippen LogP contribution < -0.4 is 11.1 Å². The van der Waals surface area contributed by atoms with E-state index in [1.807, 2.05) is 0 Å². The molecule has 0 fully saturated rings. The van der Waals surface area contributed by atoms with E-state index in [4.69, 9.17) is 21.7 Å². The molecule has 1 aromatic rings. The Labute approximate surface area is 117 Å². The monoisotopic (exact) mass is 281 g/mol. The minimum atomic E-state index is -0.525. The zero-order chi connectivity index (χ0) is 15.7. The molecule has 0 atom stereocenters. The lowest BCUT2D eigenvalue weighted by Crippen LogP contribution is -2.42. The normalized spacial score (nSPS) is 8.75. The minimum Gasteiger partial charge on any atom is -0.507 e. The lowest BCUT2D eigenvalue weighted by molar-refractivity contribution is 0.0597. The van der Waals surface area contributed by atoms with E-state index in [-0.39, 0.29) is 23.2 Å². The first-order valence-corrected chi connectivity index (χ1v) is 5.52. The van der Waals surface area contributed by atoms with Crippen LogP contribution in [0.25, 0.3) is 0 Å². The number of nitrogens with zero attached hydrogens (tertiary/aromatic N) is 1. The van der Waals surface area contributed by atoms with Gasteiger partial charge in [0.25, 0.3) is 0 Å². The fourth-order valence-corrected chi connectivity index (χ4v) is 0.996. The molecule has 8 nitrogen and oxygen atoms in total. The van der Waals surface area contributed by atoms with Gasteiger partial charge < -0.3 is 20.5 Å². The standard InChI is InChI=1S/C8H8O3.C4H11N5/c1-11-8(10)6-4-2-3-5-7(6)9;1-9(2)4(7)8-3(5)6/h2-5,9H,1H3;1-2H3,(H5,5,6,7,8). The SMILES string of the molecule is CN(C)C(=N)NC(=N)N.COC(=O)c1ccccc1O. The summed E-state index contributed by atoms with van der Waals surface area (Å²) in [5.74, 6) is -0.682. The Kier molecular flexibility index (Phi) is 7.20. The third-order valence-electron chi connectivity index (χ3n) is 2.01. The Balaban J connectivity index is 0.000000370. The maximum absolute atomic E-state index is 10.9. The van der Waals surface area contributed by atoms with E-state index >= 15 is 0 Å². The van der Waals surface area contributed by atoms with Gasteiger partial charge in [-0.1, -0.05) is 12.1 Å². The van der Waals surface area contributed by atoms with Crippen molar-refractivity contribution in [3.63, 3.8) is 0 Å². The topological polar surface area (TPSA) is 136 Å². The summed E-state index contributed by atoms with van der Waals surface area (Å²) < 4.78 is 4.42. The van der Waals surface area contributed by atoms with Gasteiger partial charge in [0.15, 0.2) is 11.9 Å². The Hall–Kier alpha value is -2.77. The number of hydrogen-bond acceptors (Lipinski definition) is 5. The molecule has 110 valence electrons. The van der Waals surface area contributed by atoms with Gasteiger partial charge in [-0.3, -0.25) is 16.1 Å². The van der Waals surface area contributed by atoms with Gasteiger partial charge in [-0.15, -0.1) is 0 Å². The van der Waals surface area contributed by atoms with Crippen LogP contribution in [-0.2, 0) is 4.74 Å². The predicted molar refractivity (Wildman–Crippen MR) is 75.9 cm³/mol. The molecule has 6 N–H and O–H groups in total. The summed E-state index contributed by atoms with van der Waals surface area (Å²) in [5, 5.41) is 25.2. The Bertz CT molecular complexity index is 488. The molecule has 0 bridgehead atoms. The molecular formula is C12H19N5O3. The molecule has 1 rings (SSSR count). The van der Waals surface area contributed by atoms with Gasteiger partial charge in [-0.2, -0.15) is 0 Å². The predicted octanol–water partition coefficient (Wildman–Crippen LogP) is 0.145. The molecule has 0 aliphatic rings. The second kappa shape index (κ2) is 8.35. The molecule has 0 heterocycles. The maximum Gasteiger partial charge on any atom is 0.341 e. The molecule has 0 aliphatic carbocycles. The van der Waals surface area contributed by atoms with Crippen molar-refractivity contribution in [3.05, 3.63) is 29.8 Å². The molecule has 0 unspecified atom stereocenters. The minimum absolute atomic E-state index is 0.0562. The van der Waals surface area contributed by atoms with Crippen LogP contribution in [0.15, 0.2) is 24.3 Å². The summed E-state index contributed by atoms with van der Waals surface area (Å²) in [6, 6.07) is 6.24. The number of para-hydroxylation sites is 1. The van der Waals surface area contributed by atoms with Gasteiger partial charge in [0.1, 0.15) is 11.3 Å². The van der Waals surface area contributed by atoms with Crippen LogP contribution in [0.5, 0.6) is 5.75 Å². The van der Waals surface area contributed by atoms with E-state index in [0.717, 1.165) is 0 Å². The average molecular weight is 281 g/mol. The van der Waals surface area contributed by atoms with E-state index in [1.165, 1.54) is 24.1 Å². The second-order valence-corrected chi connectivity index (χ2v) is 3.79. The number of rotatable bonds is 1. The van der Waals surface area contributed by atoms with Crippen LogP contribution in [0, 0.1) is 10.8 Å². The first kappa shape index (κ1) is 17.2.